The van der Waals surface area contributed by atoms with Crippen LogP contribution in [0.3, 0.4) is 0 Å². The molecule has 0 bridgehead atoms. The van der Waals surface area contributed by atoms with E-state index in [1.54, 1.807) is 6.20 Å². The number of nitrogens with zero attached hydrogens (tertiary/aromatic N) is 1. The molecule has 2 heterocycles. The molecule has 0 aliphatic heterocycles. The summed E-state index contributed by atoms with van der Waals surface area (Å²) in [6, 6.07) is 12.6. The summed E-state index contributed by atoms with van der Waals surface area (Å²) in [5.74, 6) is 0. The zero-order valence-electron chi connectivity index (χ0n) is 11.6. The minimum absolute atomic E-state index is 0.224. The van der Waals surface area contributed by atoms with Gasteiger partial charge in [0.15, 0.2) is 0 Å². The third-order valence-electron chi connectivity index (χ3n) is 3.35. The maximum atomic E-state index is 6.10. The average Bonchev–Trinajstić information content (AvgIpc) is 2.89. The number of hydrogen-bond donors (Lipinski definition) is 2. The molecule has 0 fully saturated rings. The summed E-state index contributed by atoms with van der Waals surface area (Å²) < 4.78 is 0. The summed E-state index contributed by atoms with van der Waals surface area (Å²) in [7, 11) is 0. The van der Waals surface area contributed by atoms with Crippen molar-refractivity contribution >= 4 is 33.6 Å². The number of thiophene rings is 1. The van der Waals surface area contributed by atoms with Crippen molar-refractivity contribution in [3.05, 3.63) is 52.3 Å². The number of aryl methyl sites for hydroxylation is 1. The molecule has 0 spiro atoms. The van der Waals surface area contributed by atoms with Crippen LogP contribution in [0.1, 0.15) is 22.7 Å². The van der Waals surface area contributed by atoms with Crippen LogP contribution in [0, 0.1) is 6.92 Å². The molecule has 0 amide bonds. The number of pyridine rings is 1. The molecular weight excluding hydrogens is 266 g/mol. The summed E-state index contributed by atoms with van der Waals surface area (Å²) in [5, 5.41) is 4.59. The Hall–Kier alpha value is -2.07. The van der Waals surface area contributed by atoms with Crippen LogP contribution >= 0.6 is 11.3 Å². The summed E-state index contributed by atoms with van der Waals surface area (Å²) in [6.07, 6.45) is 1.72. The van der Waals surface area contributed by atoms with E-state index in [9.17, 15) is 0 Å². The van der Waals surface area contributed by atoms with E-state index in [0.717, 1.165) is 16.6 Å². The number of nitrogen functional groups attached to an aromatic ring is 1. The first-order valence-electron chi connectivity index (χ1n) is 6.61. The summed E-state index contributed by atoms with van der Waals surface area (Å²) in [4.78, 5) is 6.99. The Kier molecular flexibility index (Phi) is 3.32. The van der Waals surface area contributed by atoms with Gasteiger partial charge in [-0.1, -0.05) is 18.2 Å². The molecule has 102 valence electrons. The number of rotatable bonds is 3. The second kappa shape index (κ2) is 5.13. The van der Waals surface area contributed by atoms with Crippen molar-refractivity contribution in [2.45, 2.75) is 19.9 Å². The van der Waals surface area contributed by atoms with Gasteiger partial charge in [0.25, 0.3) is 0 Å². The molecule has 0 aliphatic rings. The second-order valence-corrected chi connectivity index (χ2v) is 6.24. The van der Waals surface area contributed by atoms with Gasteiger partial charge in [0.05, 0.1) is 29.1 Å². The lowest BCUT2D eigenvalue weighted by Gasteiger charge is -2.17. The van der Waals surface area contributed by atoms with Crippen LogP contribution in [0.15, 0.2) is 42.6 Å². The van der Waals surface area contributed by atoms with E-state index >= 15 is 0 Å². The summed E-state index contributed by atoms with van der Waals surface area (Å²) in [6.45, 7) is 4.27. The van der Waals surface area contributed by atoms with Crippen LogP contribution in [0.4, 0.5) is 11.4 Å². The molecule has 1 aromatic carbocycles. The quantitative estimate of drug-likeness (QED) is 0.751. The Morgan fingerprint density at radius 2 is 2.00 bits per heavy atom. The molecule has 3 rings (SSSR count). The number of nitrogens with two attached hydrogens (primary N) is 1. The first kappa shape index (κ1) is 12.9. The number of nitrogens with one attached hydrogen (secondary N) is 1. The highest BCUT2D eigenvalue weighted by Crippen LogP contribution is 2.32. The number of fused-ring (bicyclic) bond motifs is 1. The van der Waals surface area contributed by atoms with Crippen LogP contribution in [0.25, 0.3) is 10.9 Å². The second-order valence-electron chi connectivity index (χ2n) is 4.92. The molecule has 1 unspecified atom stereocenters. The van der Waals surface area contributed by atoms with Crippen molar-refractivity contribution in [2.75, 3.05) is 11.1 Å². The standard InChI is InChI=1S/C16H17N3S/c1-10-7-8-15(20-10)11(2)19-16-12-5-3-4-6-14(12)18-9-13(16)17/h3-9,11H,17H2,1-2H3,(H,18,19). The molecule has 3 N–H and O–H groups in total. The van der Waals surface area contributed by atoms with Gasteiger partial charge in [-0.15, -0.1) is 11.3 Å². The molecular formula is C16H17N3S. The smallest absolute Gasteiger partial charge is 0.0743 e. The molecule has 3 aromatic rings. The van der Waals surface area contributed by atoms with Gasteiger partial charge >= 0.3 is 0 Å². The maximum Gasteiger partial charge on any atom is 0.0743 e. The van der Waals surface area contributed by atoms with Crippen molar-refractivity contribution in [3.63, 3.8) is 0 Å². The van der Waals surface area contributed by atoms with E-state index in [-0.39, 0.29) is 6.04 Å². The SMILES string of the molecule is Cc1ccc(C(C)Nc2c(N)cnc3ccccc23)s1. The van der Waals surface area contributed by atoms with E-state index in [4.69, 9.17) is 5.73 Å². The highest BCUT2D eigenvalue weighted by Gasteiger charge is 2.12. The fraction of sp³-hybridized carbons (Fsp3) is 0.188. The van der Waals surface area contributed by atoms with E-state index in [1.165, 1.54) is 9.75 Å². The predicted molar refractivity (Wildman–Crippen MR) is 87.2 cm³/mol. The van der Waals surface area contributed by atoms with Crippen molar-refractivity contribution < 1.29 is 0 Å². The summed E-state index contributed by atoms with van der Waals surface area (Å²) in [5.41, 5.74) is 8.70. The largest absolute Gasteiger partial charge is 0.396 e. The first-order valence-corrected chi connectivity index (χ1v) is 7.43. The molecule has 3 nitrogen and oxygen atoms in total. The number of para-hydroxylation sites is 1. The molecule has 0 saturated carbocycles. The Balaban J connectivity index is 2.00. The molecule has 1 atom stereocenters. The summed E-state index contributed by atoms with van der Waals surface area (Å²) >= 11 is 1.81. The van der Waals surface area contributed by atoms with E-state index in [2.05, 4.69) is 36.3 Å². The van der Waals surface area contributed by atoms with Gasteiger partial charge in [0.2, 0.25) is 0 Å². The van der Waals surface area contributed by atoms with Gasteiger partial charge in [0, 0.05) is 15.1 Å². The predicted octanol–water partition coefficient (Wildman–Crippen LogP) is 4.36. The van der Waals surface area contributed by atoms with Crippen molar-refractivity contribution in [1.29, 1.82) is 0 Å². The average molecular weight is 283 g/mol. The third-order valence-corrected chi connectivity index (χ3v) is 4.54. The minimum atomic E-state index is 0.224. The minimum Gasteiger partial charge on any atom is -0.396 e. The van der Waals surface area contributed by atoms with Crippen molar-refractivity contribution in [2.24, 2.45) is 0 Å². The lowest BCUT2D eigenvalue weighted by molar-refractivity contribution is 0.910. The van der Waals surface area contributed by atoms with Gasteiger partial charge in [-0.05, 0) is 32.0 Å². The van der Waals surface area contributed by atoms with E-state index in [1.807, 2.05) is 35.6 Å². The zero-order valence-corrected chi connectivity index (χ0v) is 12.4. The van der Waals surface area contributed by atoms with Gasteiger partial charge < -0.3 is 11.1 Å². The van der Waals surface area contributed by atoms with Gasteiger partial charge in [-0.2, -0.15) is 0 Å². The normalized spacial score (nSPS) is 12.5. The van der Waals surface area contributed by atoms with Crippen LogP contribution in [-0.2, 0) is 0 Å². The fourth-order valence-electron chi connectivity index (χ4n) is 2.29. The van der Waals surface area contributed by atoms with Crippen LogP contribution in [0.5, 0.6) is 0 Å². The fourth-order valence-corrected chi connectivity index (χ4v) is 3.17. The zero-order chi connectivity index (χ0) is 14.1. The Morgan fingerprint density at radius 1 is 1.20 bits per heavy atom. The van der Waals surface area contributed by atoms with Gasteiger partial charge in [-0.25, -0.2) is 0 Å². The molecule has 2 aromatic heterocycles. The molecule has 0 radical (unpaired) electrons. The van der Waals surface area contributed by atoms with Crippen LogP contribution in [-0.4, -0.2) is 4.98 Å². The van der Waals surface area contributed by atoms with Crippen molar-refractivity contribution in [1.82, 2.24) is 4.98 Å². The van der Waals surface area contributed by atoms with Crippen LogP contribution < -0.4 is 11.1 Å². The van der Waals surface area contributed by atoms with Gasteiger partial charge in [0.1, 0.15) is 0 Å². The number of hydrogen-bond acceptors (Lipinski definition) is 4. The Morgan fingerprint density at radius 3 is 2.75 bits per heavy atom. The molecule has 0 aliphatic carbocycles. The highest BCUT2D eigenvalue weighted by molar-refractivity contribution is 7.12. The highest BCUT2D eigenvalue weighted by atomic mass is 32.1. The number of aromatic nitrogens is 1. The lowest BCUT2D eigenvalue weighted by Crippen LogP contribution is -2.08. The topological polar surface area (TPSA) is 50.9 Å². The van der Waals surface area contributed by atoms with Crippen molar-refractivity contribution in [3.8, 4) is 0 Å². The maximum absolute atomic E-state index is 6.10. The number of benzene rings is 1. The van der Waals surface area contributed by atoms with Gasteiger partial charge in [-0.3, -0.25) is 4.98 Å². The molecule has 4 heteroatoms. The van der Waals surface area contributed by atoms with E-state index < -0.39 is 0 Å². The Bertz CT molecular complexity index is 748. The van der Waals surface area contributed by atoms with E-state index in [0.29, 0.717) is 5.69 Å². The number of anilines is 2. The lowest BCUT2D eigenvalue weighted by atomic mass is 10.1. The molecule has 0 saturated heterocycles. The first-order chi connectivity index (χ1) is 9.65. The monoisotopic (exact) mass is 283 g/mol. The molecule has 20 heavy (non-hydrogen) atoms. The third kappa shape index (κ3) is 2.34. The Labute approximate surface area is 122 Å². The van der Waals surface area contributed by atoms with Crippen LogP contribution in [0.2, 0.25) is 0 Å².